The Bertz CT molecular complexity index is 525. The fourth-order valence-corrected chi connectivity index (χ4v) is 5.20. The number of aromatic nitrogens is 1. The lowest BCUT2D eigenvalue weighted by Gasteiger charge is -2.29. The highest BCUT2D eigenvalue weighted by Crippen LogP contribution is 2.59. The van der Waals surface area contributed by atoms with E-state index in [4.69, 9.17) is 0 Å². The molecule has 2 aliphatic carbocycles. The fraction of sp³-hybridized carbons (Fsp3) is 0.750. The minimum atomic E-state index is -0.165. The normalized spacial score (nSPS) is 26.9. The molecule has 1 unspecified atom stereocenters. The monoisotopic (exact) mass is 377 g/mol. The number of hydrogen-bond acceptors (Lipinski definition) is 4. The molecule has 1 aliphatic heterocycles. The van der Waals surface area contributed by atoms with Crippen molar-refractivity contribution >= 4 is 42.1 Å². The van der Waals surface area contributed by atoms with Gasteiger partial charge in [-0.3, -0.25) is 4.79 Å². The number of nitrogens with one attached hydrogen (secondary N) is 2. The molecule has 4 rings (SSSR count). The maximum absolute atomic E-state index is 12.8. The van der Waals surface area contributed by atoms with E-state index in [1.54, 1.807) is 11.3 Å². The van der Waals surface area contributed by atoms with Gasteiger partial charge in [-0.05, 0) is 50.6 Å². The third-order valence-electron chi connectivity index (χ3n) is 5.77. The van der Waals surface area contributed by atoms with E-state index < -0.39 is 0 Å². The van der Waals surface area contributed by atoms with Gasteiger partial charge in [0.05, 0.1) is 5.54 Å². The molecule has 1 spiro atoms. The number of carbonyl (C=O) groups is 1. The SMILES string of the molecule is Cl.Cl.O=C(NC1(c2nccs2)CCCC1)C1CC12CCNCC2. The van der Waals surface area contributed by atoms with Crippen LogP contribution in [0.5, 0.6) is 0 Å². The third-order valence-corrected chi connectivity index (χ3v) is 6.74. The van der Waals surface area contributed by atoms with Gasteiger partial charge in [-0.15, -0.1) is 36.2 Å². The van der Waals surface area contributed by atoms with E-state index in [1.807, 2.05) is 11.6 Å². The first-order valence-electron chi connectivity index (χ1n) is 8.17. The first-order chi connectivity index (χ1) is 10.2. The number of halogens is 2. The summed E-state index contributed by atoms with van der Waals surface area (Å²) in [5.41, 5.74) is 0.153. The zero-order valence-electron chi connectivity index (χ0n) is 13.2. The molecule has 2 heterocycles. The molecular weight excluding hydrogens is 353 g/mol. The minimum absolute atomic E-state index is 0. The number of thiazole rings is 1. The first-order valence-corrected chi connectivity index (χ1v) is 9.05. The summed E-state index contributed by atoms with van der Waals surface area (Å²) < 4.78 is 0. The van der Waals surface area contributed by atoms with Gasteiger partial charge in [0, 0.05) is 17.5 Å². The van der Waals surface area contributed by atoms with Crippen LogP contribution in [0.2, 0.25) is 0 Å². The molecule has 1 aromatic heterocycles. The van der Waals surface area contributed by atoms with Crippen molar-refractivity contribution in [2.75, 3.05) is 13.1 Å². The fourth-order valence-electron chi connectivity index (χ4n) is 4.35. The van der Waals surface area contributed by atoms with E-state index in [2.05, 4.69) is 15.6 Å². The number of amides is 1. The number of hydrogen-bond donors (Lipinski definition) is 2. The van der Waals surface area contributed by atoms with Crippen molar-refractivity contribution in [1.29, 1.82) is 0 Å². The summed E-state index contributed by atoms with van der Waals surface area (Å²) in [6, 6.07) is 0. The number of carbonyl (C=O) groups excluding carboxylic acids is 1. The molecule has 1 saturated heterocycles. The van der Waals surface area contributed by atoms with Crippen LogP contribution in [-0.4, -0.2) is 24.0 Å². The summed E-state index contributed by atoms with van der Waals surface area (Å²) >= 11 is 1.68. The standard InChI is InChI=1S/C16H23N3OS.2ClH/c20-13(12-11-15(12)5-7-17-8-6-15)19-16(3-1-2-4-16)14-18-9-10-21-14;;/h9-10,12,17H,1-8,11H2,(H,19,20);2*1H. The molecule has 1 amide bonds. The van der Waals surface area contributed by atoms with Gasteiger partial charge in [-0.2, -0.15) is 0 Å². The second-order valence-electron chi connectivity index (χ2n) is 6.98. The highest BCUT2D eigenvalue weighted by molar-refractivity contribution is 7.09. The van der Waals surface area contributed by atoms with Crippen LogP contribution in [0, 0.1) is 11.3 Å². The average molecular weight is 378 g/mol. The number of rotatable bonds is 3. The molecule has 7 heteroatoms. The molecule has 1 atom stereocenters. The van der Waals surface area contributed by atoms with Crippen molar-refractivity contribution < 1.29 is 4.79 Å². The van der Waals surface area contributed by atoms with Crippen LogP contribution in [0.25, 0.3) is 0 Å². The van der Waals surface area contributed by atoms with E-state index >= 15 is 0 Å². The Morgan fingerprint density at radius 1 is 1.22 bits per heavy atom. The molecule has 4 nitrogen and oxygen atoms in total. The topological polar surface area (TPSA) is 54.0 Å². The summed E-state index contributed by atoms with van der Waals surface area (Å²) in [7, 11) is 0. The van der Waals surface area contributed by atoms with Gasteiger partial charge in [0.25, 0.3) is 0 Å². The molecule has 3 aliphatic rings. The predicted octanol–water partition coefficient (Wildman–Crippen LogP) is 3.26. The van der Waals surface area contributed by atoms with Crippen molar-refractivity contribution in [2.24, 2.45) is 11.3 Å². The quantitative estimate of drug-likeness (QED) is 0.849. The van der Waals surface area contributed by atoms with Crippen LogP contribution in [0.4, 0.5) is 0 Å². The Hall–Kier alpha value is -0.360. The summed E-state index contributed by atoms with van der Waals surface area (Å²) in [6.07, 6.45) is 9.76. The van der Waals surface area contributed by atoms with Gasteiger partial charge in [-0.1, -0.05) is 12.8 Å². The molecule has 3 fully saturated rings. The Balaban J connectivity index is 0.000000960. The van der Waals surface area contributed by atoms with E-state index in [1.165, 1.54) is 12.8 Å². The van der Waals surface area contributed by atoms with Crippen molar-refractivity contribution in [3.63, 3.8) is 0 Å². The largest absolute Gasteiger partial charge is 0.344 e. The van der Waals surface area contributed by atoms with E-state index in [-0.39, 0.29) is 42.2 Å². The van der Waals surface area contributed by atoms with E-state index in [9.17, 15) is 4.79 Å². The maximum Gasteiger partial charge on any atom is 0.224 e. The summed E-state index contributed by atoms with van der Waals surface area (Å²) in [5.74, 6) is 0.533. The molecule has 23 heavy (non-hydrogen) atoms. The van der Waals surface area contributed by atoms with Crippen molar-refractivity contribution in [3.05, 3.63) is 16.6 Å². The molecule has 0 bridgehead atoms. The summed E-state index contributed by atoms with van der Waals surface area (Å²) in [5, 5.41) is 9.95. The van der Waals surface area contributed by atoms with Gasteiger partial charge < -0.3 is 10.6 Å². The number of piperidine rings is 1. The molecule has 130 valence electrons. The van der Waals surface area contributed by atoms with Gasteiger partial charge in [0.1, 0.15) is 5.01 Å². The molecule has 2 saturated carbocycles. The van der Waals surface area contributed by atoms with Crippen LogP contribution in [0.1, 0.15) is 50.0 Å². The average Bonchev–Trinajstić information content (AvgIpc) is 2.95. The maximum atomic E-state index is 12.8. The van der Waals surface area contributed by atoms with Crippen LogP contribution in [0.15, 0.2) is 11.6 Å². The number of nitrogens with zero attached hydrogens (tertiary/aromatic N) is 1. The summed E-state index contributed by atoms with van der Waals surface area (Å²) in [6.45, 7) is 2.14. The molecule has 2 N–H and O–H groups in total. The first kappa shape index (κ1) is 19.0. The van der Waals surface area contributed by atoms with Gasteiger partial charge >= 0.3 is 0 Å². The Kier molecular flexibility index (Phi) is 5.99. The highest BCUT2D eigenvalue weighted by atomic mass is 35.5. The van der Waals surface area contributed by atoms with Gasteiger partial charge in [-0.25, -0.2) is 4.98 Å². The molecule has 0 radical (unpaired) electrons. The van der Waals surface area contributed by atoms with E-state index in [0.29, 0.717) is 5.41 Å². The Labute approximate surface area is 154 Å². The van der Waals surface area contributed by atoms with Crippen molar-refractivity contribution in [1.82, 2.24) is 15.6 Å². The lowest BCUT2D eigenvalue weighted by atomic mass is 9.91. The van der Waals surface area contributed by atoms with Crippen LogP contribution >= 0.6 is 36.2 Å². The Morgan fingerprint density at radius 3 is 2.52 bits per heavy atom. The van der Waals surface area contributed by atoms with Gasteiger partial charge in [0.15, 0.2) is 0 Å². The van der Waals surface area contributed by atoms with Crippen LogP contribution in [-0.2, 0) is 10.3 Å². The minimum Gasteiger partial charge on any atom is -0.344 e. The lowest BCUT2D eigenvalue weighted by Crippen LogP contribution is -2.45. The third kappa shape index (κ3) is 3.39. The van der Waals surface area contributed by atoms with Crippen molar-refractivity contribution in [3.8, 4) is 0 Å². The zero-order chi connectivity index (χ0) is 14.3. The second kappa shape index (κ2) is 7.26. The van der Waals surface area contributed by atoms with Crippen LogP contribution < -0.4 is 10.6 Å². The predicted molar refractivity (Wildman–Crippen MR) is 97.5 cm³/mol. The Morgan fingerprint density at radius 2 is 1.91 bits per heavy atom. The lowest BCUT2D eigenvalue weighted by molar-refractivity contribution is -0.125. The summed E-state index contributed by atoms with van der Waals surface area (Å²) in [4.78, 5) is 17.3. The van der Waals surface area contributed by atoms with Crippen LogP contribution in [0.3, 0.4) is 0 Å². The van der Waals surface area contributed by atoms with Crippen molar-refractivity contribution in [2.45, 2.75) is 50.5 Å². The van der Waals surface area contributed by atoms with Gasteiger partial charge in [0.2, 0.25) is 5.91 Å². The molecule has 1 aromatic rings. The second-order valence-corrected chi connectivity index (χ2v) is 7.88. The van der Waals surface area contributed by atoms with E-state index in [0.717, 1.165) is 50.2 Å². The highest BCUT2D eigenvalue weighted by Gasteiger charge is 2.58. The molecular formula is C16H25Cl2N3OS. The zero-order valence-corrected chi connectivity index (χ0v) is 15.6. The smallest absolute Gasteiger partial charge is 0.224 e. The molecule has 0 aromatic carbocycles.